The molecule has 6 nitrogen and oxygen atoms in total. The van der Waals surface area contributed by atoms with Crippen molar-refractivity contribution < 1.29 is 28.2 Å². The van der Waals surface area contributed by atoms with Crippen molar-refractivity contribution in [1.82, 2.24) is 5.16 Å². The molecule has 0 spiro atoms. The van der Waals surface area contributed by atoms with Crippen LogP contribution in [0, 0.1) is 5.21 Å². The molecule has 0 aliphatic heterocycles. The van der Waals surface area contributed by atoms with Crippen molar-refractivity contribution in [3.05, 3.63) is 35.2 Å². The largest absolute Gasteiger partial charge is 0.435 e. The molecule has 1 N–H and O–H groups in total. The van der Waals surface area contributed by atoms with Gasteiger partial charge in [0, 0.05) is 10.7 Å². The summed E-state index contributed by atoms with van der Waals surface area (Å²) in [6.07, 6.45) is 0. The molecule has 0 amide bonds. The number of nitrogens with zero attached hydrogens (tertiary/aromatic N) is 2. The van der Waals surface area contributed by atoms with Crippen LogP contribution in [0.1, 0.15) is 5.69 Å². The summed E-state index contributed by atoms with van der Waals surface area (Å²) < 4.78 is 32.4. The van der Waals surface area contributed by atoms with Crippen molar-refractivity contribution in [3.63, 3.8) is 0 Å². The molecule has 0 unspecified atom stereocenters. The Morgan fingerprint density at radius 1 is 1.39 bits per heavy atom. The second-order valence-electron chi connectivity index (χ2n) is 3.29. The van der Waals surface area contributed by atoms with Crippen LogP contribution in [0.25, 0.3) is 11.3 Å². The first-order valence-electron chi connectivity index (χ1n) is 4.86. The maximum atomic E-state index is 11.9. The molecular weight excluding hydrogens is 250 g/mol. The minimum atomic E-state index is -2.90. The molecule has 1 heterocycles. The van der Waals surface area contributed by atoms with Crippen molar-refractivity contribution >= 4 is 0 Å². The van der Waals surface area contributed by atoms with Crippen molar-refractivity contribution in [2.75, 3.05) is 0 Å². The van der Waals surface area contributed by atoms with Crippen LogP contribution in [-0.2, 0) is 6.61 Å². The van der Waals surface area contributed by atoms with E-state index < -0.39 is 13.2 Å². The Hall–Kier alpha value is -2.22. The molecule has 0 atom stereocenters. The van der Waals surface area contributed by atoms with Crippen molar-refractivity contribution in [3.8, 4) is 17.0 Å². The summed E-state index contributed by atoms with van der Waals surface area (Å²) in [6, 6.07) is 5.45. The Balaban J connectivity index is 2.28. The molecule has 1 aromatic heterocycles. The van der Waals surface area contributed by atoms with E-state index in [1.165, 1.54) is 24.3 Å². The van der Waals surface area contributed by atoms with Gasteiger partial charge in [0.15, 0.2) is 0 Å². The van der Waals surface area contributed by atoms with E-state index in [2.05, 4.69) is 14.5 Å². The molecule has 0 saturated carbocycles. The number of rotatable bonds is 4. The minimum absolute atomic E-state index is 0.0159. The van der Waals surface area contributed by atoms with E-state index in [1.54, 1.807) is 0 Å². The Kier molecular flexibility index (Phi) is 3.38. The normalized spacial score (nSPS) is 10.9. The van der Waals surface area contributed by atoms with Crippen LogP contribution in [0.5, 0.6) is 5.75 Å². The highest BCUT2D eigenvalue weighted by molar-refractivity contribution is 5.60. The van der Waals surface area contributed by atoms with Gasteiger partial charge in [0.2, 0.25) is 5.69 Å². The summed E-state index contributed by atoms with van der Waals surface area (Å²) in [6.45, 7) is -3.45. The number of hydrogen-bond acceptors (Lipinski definition) is 5. The smallest absolute Gasteiger partial charge is 0.387 e. The second-order valence-corrected chi connectivity index (χ2v) is 3.29. The van der Waals surface area contributed by atoms with Crippen LogP contribution in [0.3, 0.4) is 0 Å². The lowest BCUT2D eigenvalue weighted by Gasteiger charge is -2.03. The first-order chi connectivity index (χ1) is 8.61. The zero-order valence-corrected chi connectivity index (χ0v) is 8.92. The lowest BCUT2D eigenvalue weighted by atomic mass is 10.1. The van der Waals surface area contributed by atoms with E-state index in [0.29, 0.717) is 5.56 Å². The maximum absolute atomic E-state index is 11.9. The van der Waals surface area contributed by atoms with E-state index in [-0.39, 0.29) is 22.0 Å². The van der Waals surface area contributed by atoms with Gasteiger partial charge >= 0.3 is 6.61 Å². The first-order valence-corrected chi connectivity index (χ1v) is 4.86. The number of ether oxygens (including phenoxy) is 1. The quantitative estimate of drug-likeness (QED) is 0.829. The van der Waals surface area contributed by atoms with E-state index in [1.807, 2.05) is 0 Å². The van der Waals surface area contributed by atoms with Gasteiger partial charge < -0.3 is 15.1 Å². The van der Waals surface area contributed by atoms with Crippen molar-refractivity contribution in [2.45, 2.75) is 13.2 Å². The highest BCUT2D eigenvalue weighted by Gasteiger charge is 2.20. The summed E-state index contributed by atoms with van der Waals surface area (Å²) >= 11 is 0. The van der Waals surface area contributed by atoms with Crippen molar-refractivity contribution in [1.29, 1.82) is 0 Å². The van der Waals surface area contributed by atoms with Gasteiger partial charge in [0.05, 0.1) is 0 Å². The van der Waals surface area contributed by atoms with Gasteiger partial charge in [-0.15, -0.1) is 0 Å². The molecule has 2 aromatic rings. The summed E-state index contributed by atoms with van der Waals surface area (Å²) in [4.78, 5) is 0.0822. The molecule has 96 valence electrons. The summed E-state index contributed by atoms with van der Waals surface area (Å²) in [5.74, 6) is -0.0159. The maximum Gasteiger partial charge on any atom is 0.387 e. The fourth-order valence-corrected chi connectivity index (χ4v) is 1.41. The van der Waals surface area contributed by atoms with Gasteiger partial charge in [0.25, 0.3) is 5.69 Å². The Bertz CT molecular complexity index is 527. The summed E-state index contributed by atoms with van der Waals surface area (Å²) in [5.41, 5.74) is 0.535. The van der Waals surface area contributed by atoms with Gasteiger partial charge in [-0.1, -0.05) is 0 Å². The van der Waals surface area contributed by atoms with Crippen LogP contribution in [-0.4, -0.2) is 16.9 Å². The number of hydrogen-bond donors (Lipinski definition) is 1. The fraction of sp³-hybridized carbons (Fsp3) is 0.200. The van der Waals surface area contributed by atoms with Crippen LogP contribution in [0.15, 0.2) is 28.9 Å². The second kappa shape index (κ2) is 4.96. The molecule has 0 aliphatic rings. The lowest BCUT2D eigenvalue weighted by molar-refractivity contribution is -0.809. The Labute approximate surface area is 99.6 Å². The minimum Gasteiger partial charge on any atom is -0.435 e. The Morgan fingerprint density at radius 3 is 2.61 bits per heavy atom. The standard InChI is InChI=1S/C10H8F2N2O4/c11-10(12)17-7-3-1-6(2-4-7)9-8(5-15)14(16)18-13-9/h1-4,10,15H,5H2. The average molecular weight is 258 g/mol. The highest BCUT2D eigenvalue weighted by atomic mass is 19.3. The average Bonchev–Trinajstić information content (AvgIpc) is 2.70. The molecule has 0 saturated heterocycles. The van der Waals surface area contributed by atoms with E-state index in [9.17, 15) is 14.0 Å². The lowest BCUT2D eigenvalue weighted by Crippen LogP contribution is -2.28. The molecular formula is C10H8F2N2O4. The third-order valence-electron chi connectivity index (χ3n) is 2.20. The first kappa shape index (κ1) is 12.2. The Morgan fingerprint density at radius 2 is 2.06 bits per heavy atom. The topological polar surface area (TPSA) is 82.4 Å². The van der Waals surface area contributed by atoms with Crippen LogP contribution < -0.4 is 9.64 Å². The predicted octanol–water partition coefficient (Wildman–Crippen LogP) is 1.07. The summed E-state index contributed by atoms with van der Waals surface area (Å²) in [5, 5.41) is 23.5. The molecule has 18 heavy (non-hydrogen) atoms. The van der Waals surface area contributed by atoms with Gasteiger partial charge in [-0.3, -0.25) is 4.63 Å². The molecule has 0 bridgehead atoms. The van der Waals surface area contributed by atoms with Gasteiger partial charge in [0.1, 0.15) is 12.4 Å². The number of halogens is 2. The van der Waals surface area contributed by atoms with Gasteiger partial charge in [-0.25, -0.2) is 0 Å². The number of aliphatic hydroxyl groups is 1. The number of aliphatic hydroxyl groups excluding tert-OH is 1. The molecule has 8 heteroatoms. The fourth-order valence-electron chi connectivity index (χ4n) is 1.41. The van der Waals surface area contributed by atoms with Gasteiger partial charge in [-0.2, -0.15) is 8.78 Å². The molecule has 2 rings (SSSR count). The highest BCUT2D eigenvalue weighted by Crippen LogP contribution is 2.23. The third-order valence-corrected chi connectivity index (χ3v) is 2.20. The SMILES string of the molecule is [O-][n+]1onc(-c2ccc(OC(F)F)cc2)c1CO. The van der Waals surface area contributed by atoms with Crippen LogP contribution in [0.2, 0.25) is 0 Å². The molecule has 0 radical (unpaired) electrons. The van der Waals surface area contributed by atoms with Gasteiger partial charge in [-0.05, 0) is 29.2 Å². The monoisotopic (exact) mass is 258 g/mol. The van der Waals surface area contributed by atoms with Crippen molar-refractivity contribution in [2.24, 2.45) is 0 Å². The number of alkyl halides is 2. The van der Waals surface area contributed by atoms with E-state index in [0.717, 1.165) is 0 Å². The number of benzene rings is 1. The van der Waals surface area contributed by atoms with E-state index in [4.69, 9.17) is 5.11 Å². The van der Waals surface area contributed by atoms with E-state index >= 15 is 0 Å². The molecule has 0 aliphatic carbocycles. The number of aromatic nitrogens is 2. The molecule has 1 aromatic carbocycles. The zero-order chi connectivity index (χ0) is 13.1. The predicted molar refractivity (Wildman–Crippen MR) is 53.5 cm³/mol. The zero-order valence-electron chi connectivity index (χ0n) is 8.92. The third kappa shape index (κ3) is 2.38. The van der Waals surface area contributed by atoms with Crippen LogP contribution in [0.4, 0.5) is 8.78 Å². The van der Waals surface area contributed by atoms with Crippen LogP contribution >= 0.6 is 0 Å². The molecule has 0 fully saturated rings. The summed E-state index contributed by atoms with van der Waals surface area (Å²) in [7, 11) is 0.